The molecular formula is C18H19N5O4S. The molecule has 0 saturated carbocycles. The summed E-state index contributed by atoms with van der Waals surface area (Å²) in [6.07, 6.45) is -1.02. The highest BCUT2D eigenvalue weighted by molar-refractivity contribution is 7.13. The van der Waals surface area contributed by atoms with E-state index in [4.69, 9.17) is 4.74 Å². The maximum Gasteiger partial charge on any atom is 0.330 e. The number of hydrogen-bond acceptors (Lipinski definition) is 8. The maximum absolute atomic E-state index is 12.6. The Bertz CT molecular complexity index is 1030. The summed E-state index contributed by atoms with van der Waals surface area (Å²) in [5.41, 5.74) is 1.91. The smallest absolute Gasteiger partial charge is 0.330 e. The summed E-state index contributed by atoms with van der Waals surface area (Å²) < 4.78 is 5.22. The molecule has 0 aliphatic rings. The molecule has 0 aliphatic carbocycles. The van der Waals surface area contributed by atoms with Crippen molar-refractivity contribution in [2.45, 2.75) is 40.3 Å². The fourth-order valence-electron chi connectivity index (χ4n) is 2.95. The molecule has 10 heteroatoms. The number of tetrazole rings is 1. The standard InChI is InChI=1S/C18H19N5O4S/c1-9-15(11(3)24)10(2)19-16(9)17(26)12(4)27-14(25)8-23-21-18(20-22-23)13-6-5-7-28-13/h5-7,12,19H,8H2,1-4H3/t12-/m1/s1. The summed E-state index contributed by atoms with van der Waals surface area (Å²) in [5, 5.41) is 13.7. The molecule has 0 amide bonds. The largest absolute Gasteiger partial charge is 0.453 e. The van der Waals surface area contributed by atoms with Crippen LogP contribution in [0.15, 0.2) is 17.5 Å². The third-order valence-corrected chi connectivity index (χ3v) is 5.04. The Morgan fingerprint density at radius 2 is 2.07 bits per heavy atom. The number of ketones is 2. The lowest BCUT2D eigenvalue weighted by Crippen LogP contribution is -2.27. The van der Waals surface area contributed by atoms with Gasteiger partial charge >= 0.3 is 5.97 Å². The first-order valence-electron chi connectivity index (χ1n) is 8.53. The molecule has 0 aliphatic heterocycles. The second-order valence-corrected chi connectivity index (χ2v) is 7.25. The molecule has 3 aromatic rings. The number of H-pyrrole nitrogens is 1. The zero-order valence-corrected chi connectivity index (χ0v) is 16.7. The quantitative estimate of drug-likeness (QED) is 0.477. The highest BCUT2D eigenvalue weighted by atomic mass is 32.1. The van der Waals surface area contributed by atoms with Gasteiger partial charge in [-0.15, -0.1) is 21.5 Å². The molecule has 0 unspecified atom stereocenters. The Labute approximate surface area is 164 Å². The number of aromatic amines is 1. The van der Waals surface area contributed by atoms with E-state index in [0.717, 1.165) is 9.67 Å². The first kappa shape index (κ1) is 19.6. The van der Waals surface area contributed by atoms with Crippen LogP contribution in [-0.4, -0.2) is 48.8 Å². The van der Waals surface area contributed by atoms with Crippen LogP contribution >= 0.6 is 11.3 Å². The van der Waals surface area contributed by atoms with Crippen LogP contribution in [0, 0.1) is 13.8 Å². The maximum atomic E-state index is 12.6. The summed E-state index contributed by atoms with van der Waals surface area (Å²) in [6.45, 7) is 6.06. The zero-order valence-electron chi connectivity index (χ0n) is 15.8. The Balaban J connectivity index is 1.65. The normalized spacial score (nSPS) is 12.0. The van der Waals surface area contributed by atoms with Crippen LogP contribution in [0.2, 0.25) is 0 Å². The number of thiophene rings is 1. The first-order chi connectivity index (χ1) is 13.3. The number of Topliss-reactive ketones (excluding diaryl/α,β-unsaturated/α-hetero) is 2. The van der Waals surface area contributed by atoms with Gasteiger partial charge in [0.05, 0.1) is 10.6 Å². The number of hydrogen-bond donors (Lipinski definition) is 1. The molecule has 3 rings (SSSR count). The Morgan fingerprint density at radius 1 is 1.32 bits per heavy atom. The molecule has 0 radical (unpaired) electrons. The molecule has 3 aromatic heterocycles. The van der Waals surface area contributed by atoms with Crippen molar-refractivity contribution in [1.29, 1.82) is 0 Å². The summed E-state index contributed by atoms with van der Waals surface area (Å²) in [6, 6.07) is 3.71. The fourth-order valence-corrected chi connectivity index (χ4v) is 3.59. The van der Waals surface area contributed by atoms with Crippen LogP contribution in [0.25, 0.3) is 10.7 Å². The summed E-state index contributed by atoms with van der Waals surface area (Å²) in [5.74, 6) is -0.786. The molecule has 28 heavy (non-hydrogen) atoms. The molecule has 146 valence electrons. The van der Waals surface area contributed by atoms with Gasteiger partial charge in [-0.3, -0.25) is 9.59 Å². The third kappa shape index (κ3) is 3.91. The molecule has 1 atom stereocenters. The second kappa shape index (κ2) is 7.85. The number of esters is 1. The minimum absolute atomic E-state index is 0.131. The predicted molar refractivity (Wildman–Crippen MR) is 101 cm³/mol. The molecule has 0 bridgehead atoms. The third-order valence-electron chi connectivity index (χ3n) is 4.18. The van der Waals surface area contributed by atoms with E-state index in [-0.39, 0.29) is 18.0 Å². The van der Waals surface area contributed by atoms with Crippen molar-refractivity contribution < 1.29 is 19.1 Å². The Kier molecular flexibility index (Phi) is 5.50. The minimum atomic E-state index is -1.02. The molecule has 0 saturated heterocycles. The molecule has 0 spiro atoms. The molecule has 9 nitrogen and oxygen atoms in total. The van der Waals surface area contributed by atoms with E-state index >= 15 is 0 Å². The Morgan fingerprint density at radius 3 is 2.68 bits per heavy atom. The first-order valence-corrected chi connectivity index (χ1v) is 9.41. The van der Waals surface area contributed by atoms with Crippen molar-refractivity contribution in [1.82, 2.24) is 25.2 Å². The van der Waals surface area contributed by atoms with Crippen molar-refractivity contribution in [2.75, 3.05) is 0 Å². The highest BCUT2D eigenvalue weighted by Crippen LogP contribution is 2.21. The molecule has 1 N–H and O–H groups in total. The number of carbonyl (C=O) groups is 3. The van der Waals surface area contributed by atoms with Crippen LogP contribution in [0.3, 0.4) is 0 Å². The Hall–Kier alpha value is -3.14. The number of nitrogens with one attached hydrogen (secondary N) is 1. The monoisotopic (exact) mass is 401 g/mol. The van der Waals surface area contributed by atoms with Crippen LogP contribution < -0.4 is 0 Å². The van der Waals surface area contributed by atoms with Gasteiger partial charge in [0.1, 0.15) is 0 Å². The average molecular weight is 401 g/mol. The number of aryl methyl sites for hydroxylation is 1. The predicted octanol–water partition coefficient (Wildman–Crippen LogP) is 2.36. The average Bonchev–Trinajstić information content (AvgIpc) is 3.34. The van der Waals surface area contributed by atoms with Gasteiger partial charge in [-0.05, 0) is 49.9 Å². The van der Waals surface area contributed by atoms with E-state index in [2.05, 4.69) is 20.4 Å². The molecular weight excluding hydrogens is 382 g/mol. The van der Waals surface area contributed by atoms with Crippen molar-refractivity contribution in [2.24, 2.45) is 0 Å². The minimum Gasteiger partial charge on any atom is -0.453 e. The second-order valence-electron chi connectivity index (χ2n) is 6.30. The fraction of sp³-hybridized carbons (Fsp3) is 0.333. The zero-order chi connectivity index (χ0) is 20.4. The van der Waals surface area contributed by atoms with Gasteiger partial charge in [0, 0.05) is 11.3 Å². The van der Waals surface area contributed by atoms with E-state index in [0.29, 0.717) is 22.6 Å². The van der Waals surface area contributed by atoms with Gasteiger partial charge in [-0.2, -0.15) is 4.80 Å². The van der Waals surface area contributed by atoms with Gasteiger partial charge < -0.3 is 9.72 Å². The highest BCUT2D eigenvalue weighted by Gasteiger charge is 2.26. The van der Waals surface area contributed by atoms with Gasteiger partial charge in [-0.25, -0.2) is 4.79 Å². The SMILES string of the molecule is CC(=O)c1c(C)[nH]c(C(=O)[C@@H](C)OC(=O)Cn2nnc(-c3cccs3)n2)c1C. The van der Waals surface area contributed by atoms with Crippen molar-refractivity contribution in [3.8, 4) is 10.7 Å². The van der Waals surface area contributed by atoms with E-state index in [1.165, 1.54) is 25.2 Å². The van der Waals surface area contributed by atoms with E-state index < -0.39 is 17.9 Å². The summed E-state index contributed by atoms with van der Waals surface area (Å²) >= 11 is 1.46. The number of carbonyl (C=O) groups excluding carboxylic acids is 3. The van der Waals surface area contributed by atoms with Crippen LogP contribution in [0.5, 0.6) is 0 Å². The summed E-state index contributed by atoms with van der Waals surface area (Å²) in [4.78, 5) is 41.4. The van der Waals surface area contributed by atoms with Gasteiger partial charge in [-0.1, -0.05) is 6.07 Å². The van der Waals surface area contributed by atoms with Crippen molar-refractivity contribution >= 4 is 28.9 Å². The van der Waals surface area contributed by atoms with Crippen LogP contribution in [0.1, 0.15) is 46.0 Å². The topological polar surface area (TPSA) is 120 Å². The van der Waals surface area contributed by atoms with Crippen LogP contribution in [0.4, 0.5) is 0 Å². The van der Waals surface area contributed by atoms with Crippen molar-refractivity contribution in [3.05, 3.63) is 40.0 Å². The number of rotatable bonds is 7. The van der Waals surface area contributed by atoms with E-state index in [9.17, 15) is 14.4 Å². The van der Waals surface area contributed by atoms with Gasteiger partial charge in [0.25, 0.3) is 0 Å². The number of ether oxygens (including phenoxy) is 1. The van der Waals surface area contributed by atoms with Gasteiger partial charge in [0.15, 0.2) is 18.4 Å². The molecule has 0 fully saturated rings. The number of aromatic nitrogens is 5. The van der Waals surface area contributed by atoms with Crippen molar-refractivity contribution in [3.63, 3.8) is 0 Å². The van der Waals surface area contributed by atoms with Crippen LogP contribution in [-0.2, 0) is 16.1 Å². The van der Waals surface area contributed by atoms with E-state index in [1.807, 2.05) is 17.5 Å². The molecule has 3 heterocycles. The number of nitrogens with zero attached hydrogens (tertiary/aromatic N) is 4. The molecule has 0 aromatic carbocycles. The lowest BCUT2D eigenvalue weighted by Gasteiger charge is -2.11. The van der Waals surface area contributed by atoms with Gasteiger partial charge in [0.2, 0.25) is 11.6 Å². The lowest BCUT2D eigenvalue weighted by molar-refractivity contribution is -0.147. The summed E-state index contributed by atoms with van der Waals surface area (Å²) in [7, 11) is 0. The lowest BCUT2D eigenvalue weighted by atomic mass is 10.0. The van der Waals surface area contributed by atoms with E-state index in [1.54, 1.807) is 13.8 Å².